The number of nitrogens with zero attached hydrogens (tertiary/aromatic N) is 1. The van der Waals surface area contributed by atoms with E-state index in [1.54, 1.807) is 0 Å². The smallest absolute Gasteiger partial charge is 0.0827 e. The van der Waals surface area contributed by atoms with Crippen LogP contribution < -0.4 is 4.90 Å². The van der Waals surface area contributed by atoms with Gasteiger partial charge in [-0.3, -0.25) is 0 Å². The third-order valence-corrected chi connectivity index (χ3v) is 3.28. The van der Waals surface area contributed by atoms with Crippen molar-refractivity contribution in [1.29, 1.82) is 0 Å². The number of aliphatic hydroxyl groups excluding tert-OH is 1. The van der Waals surface area contributed by atoms with Crippen LogP contribution in [0.1, 0.15) is 18.1 Å². The van der Waals surface area contributed by atoms with Crippen LogP contribution in [0.4, 0.5) is 11.4 Å². The number of anilines is 2. The number of benzene rings is 2. The van der Waals surface area contributed by atoms with Crippen molar-refractivity contribution in [2.45, 2.75) is 12.5 Å². The maximum Gasteiger partial charge on any atom is 0.0827 e. The minimum absolute atomic E-state index is 0.328. The van der Waals surface area contributed by atoms with Gasteiger partial charge in [0.15, 0.2) is 0 Å². The van der Waals surface area contributed by atoms with Crippen LogP contribution in [0.25, 0.3) is 0 Å². The minimum Gasteiger partial charge on any atom is -0.388 e. The summed E-state index contributed by atoms with van der Waals surface area (Å²) in [7, 11) is 0. The summed E-state index contributed by atoms with van der Waals surface area (Å²) >= 11 is 0. The standard InChI is InChI=1S/C15H15NO/c17-15-10-11-16(12-6-2-1-3-7-12)14-9-5-4-8-13(14)15/h1-9,15,17H,10-11H2. The van der Waals surface area contributed by atoms with Crippen LogP contribution in [-0.4, -0.2) is 11.7 Å². The highest BCUT2D eigenvalue weighted by molar-refractivity contribution is 5.68. The number of aliphatic hydroxyl groups is 1. The topological polar surface area (TPSA) is 23.5 Å². The van der Waals surface area contributed by atoms with Gasteiger partial charge in [-0.2, -0.15) is 0 Å². The summed E-state index contributed by atoms with van der Waals surface area (Å²) in [6, 6.07) is 18.4. The molecule has 3 rings (SSSR count). The Hall–Kier alpha value is -1.80. The lowest BCUT2D eigenvalue weighted by Crippen LogP contribution is -2.26. The fourth-order valence-electron chi connectivity index (χ4n) is 2.42. The van der Waals surface area contributed by atoms with Crippen LogP contribution >= 0.6 is 0 Å². The molecule has 1 N–H and O–H groups in total. The van der Waals surface area contributed by atoms with Crippen molar-refractivity contribution in [2.75, 3.05) is 11.4 Å². The monoisotopic (exact) mass is 225 g/mol. The van der Waals surface area contributed by atoms with Gasteiger partial charge in [0.05, 0.1) is 6.10 Å². The maximum atomic E-state index is 10.00. The van der Waals surface area contributed by atoms with Crippen LogP contribution in [-0.2, 0) is 0 Å². The average Bonchev–Trinajstić information content (AvgIpc) is 2.41. The van der Waals surface area contributed by atoms with E-state index in [0.717, 1.165) is 24.2 Å². The van der Waals surface area contributed by atoms with E-state index in [-0.39, 0.29) is 6.10 Å². The van der Waals surface area contributed by atoms with E-state index in [1.165, 1.54) is 5.69 Å². The quantitative estimate of drug-likeness (QED) is 0.805. The lowest BCUT2D eigenvalue weighted by Gasteiger charge is -2.33. The molecule has 0 bridgehead atoms. The predicted octanol–water partition coefficient (Wildman–Crippen LogP) is 3.26. The molecular weight excluding hydrogens is 210 g/mol. The number of hydrogen-bond donors (Lipinski definition) is 1. The van der Waals surface area contributed by atoms with E-state index < -0.39 is 0 Å². The van der Waals surface area contributed by atoms with Crippen molar-refractivity contribution in [3.05, 3.63) is 60.2 Å². The summed E-state index contributed by atoms with van der Waals surface area (Å²) in [5.41, 5.74) is 3.34. The molecule has 2 aromatic carbocycles. The molecule has 0 fully saturated rings. The van der Waals surface area contributed by atoms with E-state index in [1.807, 2.05) is 36.4 Å². The number of fused-ring (bicyclic) bond motifs is 1. The number of para-hydroxylation sites is 2. The van der Waals surface area contributed by atoms with Gasteiger partial charge in [0, 0.05) is 23.5 Å². The Morgan fingerprint density at radius 2 is 1.65 bits per heavy atom. The van der Waals surface area contributed by atoms with Crippen molar-refractivity contribution < 1.29 is 5.11 Å². The van der Waals surface area contributed by atoms with Gasteiger partial charge in [-0.1, -0.05) is 36.4 Å². The highest BCUT2D eigenvalue weighted by atomic mass is 16.3. The Bertz CT molecular complexity index is 509. The van der Waals surface area contributed by atoms with E-state index in [4.69, 9.17) is 0 Å². The van der Waals surface area contributed by atoms with Crippen LogP contribution in [0.5, 0.6) is 0 Å². The summed E-state index contributed by atoms with van der Waals surface area (Å²) in [6.07, 6.45) is 0.456. The second kappa shape index (κ2) is 4.22. The van der Waals surface area contributed by atoms with E-state index in [2.05, 4.69) is 23.1 Å². The molecule has 0 amide bonds. The SMILES string of the molecule is OC1CCN(c2ccccc2)c2ccccc21. The first-order valence-corrected chi connectivity index (χ1v) is 5.96. The summed E-state index contributed by atoms with van der Waals surface area (Å²) in [4.78, 5) is 2.27. The van der Waals surface area contributed by atoms with Crippen molar-refractivity contribution in [2.24, 2.45) is 0 Å². The molecule has 2 nitrogen and oxygen atoms in total. The van der Waals surface area contributed by atoms with Crippen LogP contribution in [0.15, 0.2) is 54.6 Å². The van der Waals surface area contributed by atoms with Crippen molar-refractivity contribution in [3.8, 4) is 0 Å². The van der Waals surface area contributed by atoms with Gasteiger partial charge in [0.2, 0.25) is 0 Å². The minimum atomic E-state index is -0.328. The number of hydrogen-bond acceptors (Lipinski definition) is 2. The van der Waals surface area contributed by atoms with Gasteiger partial charge in [-0.05, 0) is 24.6 Å². The van der Waals surface area contributed by atoms with Crippen molar-refractivity contribution in [1.82, 2.24) is 0 Å². The fraction of sp³-hybridized carbons (Fsp3) is 0.200. The Kier molecular flexibility index (Phi) is 2.57. The lowest BCUT2D eigenvalue weighted by atomic mass is 9.98. The Balaban J connectivity index is 2.07. The zero-order valence-electron chi connectivity index (χ0n) is 9.58. The normalized spacial score (nSPS) is 18.9. The highest BCUT2D eigenvalue weighted by Gasteiger charge is 2.23. The molecule has 0 aliphatic carbocycles. The molecule has 2 aromatic rings. The predicted molar refractivity (Wildman–Crippen MR) is 69.5 cm³/mol. The number of rotatable bonds is 1. The van der Waals surface area contributed by atoms with Gasteiger partial charge < -0.3 is 10.0 Å². The van der Waals surface area contributed by atoms with Gasteiger partial charge in [-0.25, -0.2) is 0 Å². The molecule has 17 heavy (non-hydrogen) atoms. The maximum absolute atomic E-state index is 10.00. The first-order valence-electron chi connectivity index (χ1n) is 5.96. The van der Waals surface area contributed by atoms with Crippen LogP contribution in [0, 0.1) is 0 Å². The molecule has 1 aliphatic heterocycles. The Morgan fingerprint density at radius 1 is 0.941 bits per heavy atom. The molecule has 2 heteroatoms. The average molecular weight is 225 g/mol. The van der Waals surface area contributed by atoms with Crippen molar-refractivity contribution >= 4 is 11.4 Å². The first-order chi connectivity index (χ1) is 8.36. The van der Waals surface area contributed by atoms with Gasteiger partial charge in [-0.15, -0.1) is 0 Å². The molecule has 0 aromatic heterocycles. The van der Waals surface area contributed by atoms with Crippen LogP contribution in [0.3, 0.4) is 0 Å². The molecule has 1 unspecified atom stereocenters. The Morgan fingerprint density at radius 3 is 2.47 bits per heavy atom. The molecule has 1 heterocycles. The first kappa shape index (κ1) is 10.4. The Labute approximate surface area is 101 Å². The molecular formula is C15H15NO. The van der Waals surface area contributed by atoms with Gasteiger partial charge in [0.1, 0.15) is 0 Å². The van der Waals surface area contributed by atoms with E-state index in [0.29, 0.717) is 0 Å². The zero-order valence-corrected chi connectivity index (χ0v) is 9.58. The van der Waals surface area contributed by atoms with Gasteiger partial charge in [0.25, 0.3) is 0 Å². The molecule has 1 aliphatic rings. The highest BCUT2D eigenvalue weighted by Crippen LogP contribution is 2.37. The molecule has 0 radical (unpaired) electrons. The summed E-state index contributed by atoms with van der Waals surface area (Å²) in [5.74, 6) is 0. The lowest BCUT2D eigenvalue weighted by molar-refractivity contribution is 0.166. The van der Waals surface area contributed by atoms with E-state index >= 15 is 0 Å². The summed E-state index contributed by atoms with van der Waals surface area (Å²) < 4.78 is 0. The van der Waals surface area contributed by atoms with Gasteiger partial charge >= 0.3 is 0 Å². The molecule has 0 spiro atoms. The van der Waals surface area contributed by atoms with Crippen molar-refractivity contribution in [3.63, 3.8) is 0 Å². The second-order valence-electron chi connectivity index (χ2n) is 4.35. The molecule has 86 valence electrons. The van der Waals surface area contributed by atoms with E-state index in [9.17, 15) is 5.11 Å². The summed E-state index contributed by atoms with van der Waals surface area (Å²) in [5, 5.41) is 10.00. The molecule has 0 saturated heterocycles. The summed E-state index contributed by atoms with van der Waals surface area (Å²) in [6.45, 7) is 0.863. The largest absolute Gasteiger partial charge is 0.388 e. The second-order valence-corrected chi connectivity index (χ2v) is 4.35. The van der Waals surface area contributed by atoms with Crippen LogP contribution in [0.2, 0.25) is 0 Å². The fourth-order valence-corrected chi connectivity index (χ4v) is 2.42. The zero-order chi connectivity index (χ0) is 11.7. The third-order valence-electron chi connectivity index (χ3n) is 3.28. The molecule has 0 saturated carbocycles. The third kappa shape index (κ3) is 1.81. The molecule has 1 atom stereocenters.